The first-order valence-corrected chi connectivity index (χ1v) is 5.89. The van der Waals surface area contributed by atoms with Crippen molar-refractivity contribution in [2.75, 3.05) is 25.2 Å². The SMILES string of the molecule is COCCCCSc1cc(F)ccc1N. The lowest BCUT2D eigenvalue weighted by Gasteiger charge is -2.05. The molecule has 0 bridgehead atoms. The molecule has 2 N–H and O–H groups in total. The van der Waals surface area contributed by atoms with Crippen LogP contribution in [0.15, 0.2) is 23.1 Å². The Morgan fingerprint density at radius 3 is 2.93 bits per heavy atom. The fourth-order valence-electron chi connectivity index (χ4n) is 1.16. The number of nitrogen functional groups attached to an aromatic ring is 1. The van der Waals surface area contributed by atoms with Gasteiger partial charge in [0.2, 0.25) is 0 Å². The van der Waals surface area contributed by atoms with Crippen molar-refractivity contribution in [3.8, 4) is 0 Å². The molecular weight excluding hydrogens is 213 g/mol. The number of unbranched alkanes of at least 4 members (excludes halogenated alkanes) is 1. The van der Waals surface area contributed by atoms with Gasteiger partial charge in [0.15, 0.2) is 0 Å². The van der Waals surface area contributed by atoms with Crippen molar-refractivity contribution in [3.63, 3.8) is 0 Å². The van der Waals surface area contributed by atoms with E-state index < -0.39 is 0 Å². The molecule has 2 nitrogen and oxygen atoms in total. The van der Waals surface area contributed by atoms with E-state index in [0.717, 1.165) is 30.1 Å². The Balaban J connectivity index is 2.33. The highest BCUT2D eigenvalue weighted by molar-refractivity contribution is 7.99. The molecule has 0 aromatic heterocycles. The van der Waals surface area contributed by atoms with Gasteiger partial charge >= 0.3 is 0 Å². The van der Waals surface area contributed by atoms with Crippen molar-refractivity contribution in [3.05, 3.63) is 24.0 Å². The summed E-state index contributed by atoms with van der Waals surface area (Å²) < 4.78 is 17.8. The molecule has 15 heavy (non-hydrogen) atoms. The van der Waals surface area contributed by atoms with Crippen LogP contribution in [0.25, 0.3) is 0 Å². The molecule has 0 aliphatic rings. The van der Waals surface area contributed by atoms with Gasteiger partial charge in [-0.25, -0.2) is 4.39 Å². The van der Waals surface area contributed by atoms with Gasteiger partial charge in [-0.2, -0.15) is 0 Å². The molecule has 0 saturated carbocycles. The van der Waals surface area contributed by atoms with Crippen molar-refractivity contribution >= 4 is 17.4 Å². The summed E-state index contributed by atoms with van der Waals surface area (Å²) in [7, 11) is 1.69. The molecule has 0 saturated heterocycles. The van der Waals surface area contributed by atoms with Crippen molar-refractivity contribution < 1.29 is 9.13 Å². The second-order valence-electron chi connectivity index (χ2n) is 3.23. The Kier molecular flexibility index (Phi) is 5.50. The summed E-state index contributed by atoms with van der Waals surface area (Å²) in [4.78, 5) is 0.826. The van der Waals surface area contributed by atoms with Crippen LogP contribution in [0, 0.1) is 5.82 Å². The quantitative estimate of drug-likeness (QED) is 0.463. The highest BCUT2D eigenvalue weighted by Crippen LogP contribution is 2.26. The molecule has 0 radical (unpaired) electrons. The summed E-state index contributed by atoms with van der Waals surface area (Å²) in [6.07, 6.45) is 2.08. The third-order valence-corrected chi connectivity index (χ3v) is 3.13. The van der Waals surface area contributed by atoms with Crippen molar-refractivity contribution in [2.24, 2.45) is 0 Å². The van der Waals surface area contributed by atoms with Crippen molar-refractivity contribution in [2.45, 2.75) is 17.7 Å². The van der Waals surface area contributed by atoms with E-state index in [1.807, 2.05) is 0 Å². The van der Waals surface area contributed by atoms with Crippen LogP contribution in [0.1, 0.15) is 12.8 Å². The van der Waals surface area contributed by atoms with Crippen LogP contribution in [0.3, 0.4) is 0 Å². The lowest BCUT2D eigenvalue weighted by molar-refractivity contribution is 0.194. The first-order chi connectivity index (χ1) is 7.24. The molecule has 1 aromatic rings. The summed E-state index contributed by atoms with van der Waals surface area (Å²) in [5, 5.41) is 0. The van der Waals surface area contributed by atoms with Crippen molar-refractivity contribution in [1.29, 1.82) is 0 Å². The van der Waals surface area contributed by atoms with Crippen LogP contribution < -0.4 is 5.73 Å². The number of methoxy groups -OCH3 is 1. The number of hydrogen-bond acceptors (Lipinski definition) is 3. The highest BCUT2D eigenvalue weighted by atomic mass is 32.2. The predicted octanol–water partition coefficient (Wildman–Crippen LogP) is 2.93. The van der Waals surface area contributed by atoms with Crippen LogP contribution in [-0.4, -0.2) is 19.5 Å². The Labute approximate surface area is 94.0 Å². The van der Waals surface area contributed by atoms with Crippen LogP contribution in [0.5, 0.6) is 0 Å². The lowest BCUT2D eigenvalue weighted by atomic mass is 10.3. The van der Waals surface area contributed by atoms with Crippen LogP contribution in [0.2, 0.25) is 0 Å². The number of halogens is 1. The number of anilines is 1. The number of benzene rings is 1. The first kappa shape index (κ1) is 12.3. The van der Waals surface area contributed by atoms with Crippen LogP contribution >= 0.6 is 11.8 Å². The molecule has 1 aromatic carbocycles. The topological polar surface area (TPSA) is 35.2 Å². The first-order valence-electron chi connectivity index (χ1n) is 4.91. The van der Waals surface area contributed by atoms with E-state index in [9.17, 15) is 4.39 Å². The molecule has 0 aliphatic carbocycles. The van der Waals surface area contributed by atoms with Gasteiger partial charge in [-0.3, -0.25) is 0 Å². The van der Waals surface area contributed by atoms with Gasteiger partial charge < -0.3 is 10.5 Å². The molecule has 4 heteroatoms. The Hall–Kier alpha value is -0.740. The molecule has 0 aliphatic heterocycles. The lowest BCUT2D eigenvalue weighted by Crippen LogP contribution is -1.92. The van der Waals surface area contributed by atoms with Crippen molar-refractivity contribution in [1.82, 2.24) is 0 Å². The summed E-state index contributed by atoms with van der Waals surface area (Å²) in [5.74, 6) is 0.709. The number of hydrogen-bond donors (Lipinski definition) is 1. The van der Waals surface area contributed by atoms with Crippen LogP contribution in [-0.2, 0) is 4.74 Å². The number of rotatable bonds is 6. The molecule has 1 rings (SSSR count). The fraction of sp³-hybridized carbons (Fsp3) is 0.455. The predicted molar refractivity (Wildman–Crippen MR) is 62.6 cm³/mol. The molecule has 0 fully saturated rings. The van der Waals surface area contributed by atoms with Gasteiger partial charge in [0.05, 0.1) is 0 Å². The maximum Gasteiger partial charge on any atom is 0.124 e. The minimum absolute atomic E-state index is 0.233. The van der Waals surface area contributed by atoms with E-state index in [1.165, 1.54) is 12.1 Å². The van der Waals surface area contributed by atoms with Gasteiger partial charge in [0, 0.05) is 24.3 Å². The van der Waals surface area contributed by atoms with Gasteiger partial charge in [-0.05, 0) is 36.8 Å². The van der Waals surface area contributed by atoms with E-state index in [-0.39, 0.29) is 5.82 Å². The largest absolute Gasteiger partial charge is 0.398 e. The normalized spacial score (nSPS) is 10.5. The summed E-state index contributed by atoms with van der Waals surface area (Å²) >= 11 is 1.59. The third kappa shape index (κ3) is 4.53. The van der Waals surface area contributed by atoms with Gasteiger partial charge in [-0.1, -0.05) is 0 Å². The minimum atomic E-state index is -0.233. The summed E-state index contributed by atoms with van der Waals surface area (Å²) in [6.45, 7) is 0.777. The zero-order valence-corrected chi connectivity index (χ0v) is 9.65. The van der Waals surface area contributed by atoms with Gasteiger partial charge in [0.1, 0.15) is 5.82 Å². The fourth-order valence-corrected chi connectivity index (χ4v) is 2.16. The van der Waals surface area contributed by atoms with E-state index in [1.54, 1.807) is 24.9 Å². The third-order valence-electron chi connectivity index (χ3n) is 1.98. The smallest absolute Gasteiger partial charge is 0.124 e. The monoisotopic (exact) mass is 229 g/mol. The molecule has 0 spiro atoms. The number of nitrogens with two attached hydrogens (primary N) is 1. The standard InChI is InChI=1S/C11H16FNOS/c1-14-6-2-3-7-15-11-8-9(12)4-5-10(11)13/h4-5,8H,2-3,6-7,13H2,1H3. The van der Waals surface area contributed by atoms with Crippen LogP contribution in [0.4, 0.5) is 10.1 Å². The van der Waals surface area contributed by atoms with E-state index in [0.29, 0.717) is 5.69 Å². The average molecular weight is 229 g/mol. The Morgan fingerprint density at radius 2 is 2.20 bits per heavy atom. The molecule has 0 amide bonds. The van der Waals surface area contributed by atoms with E-state index in [2.05, 4.69) is 0 Å². The van der Waals surface area contributed by atoms with Gasteiger partial charge in [0.25, 0.3) is 0 Å². The summed E-state index contributed by atoms with van der Waals surface area (Å²) in [5.41, 5.74) is 6.36. The molecule has 0 atom stereocenters. The van der Waals surface area contributed by atoms with Gasteiger partial charge in [-0.15, -0.1) is 11.8 Å². The summed E-state index contributed by atoms with van der Waals surface area (Å²) in [6, 6.07) is 4.47. The average Bonchev–Trinajstić information content (AvgIpc) is 2.23. The highest BCUT2D eigenvalue weighted by Gasteiger charge is 2.01. The maximum atomic E-state index is 12.9. The zero-order chi connectivity index (χ0) is 11.1. The van der Waals surface area contributed by atoms with E-state index >= 15 is 0 Å². The Bertz CT molecular complexity index is 307. The number of ether oxygens (including phenoxy) is 1. The maximum absolute atomic E-state index is 12.9. The second kappa shape index (κ2) is 6.69. The second-order valence-corrected chi connectivity index (χ2v) is 4.37. The zero-order valence-electron chi connectivity index (χ0n) is 8.83. The Morgan fingerprint density at radius 1 is 1.40 bits per heavy atom. The molecule has 84 valence electrons. The molecular formula is C11H16FNOS. The molecule has 0 unspecified atom stereocenters. The number of thioether (sulfide) groups is 1. The minimum Gasteiger partial charge on any atom is -0.398 e. The van der Waals surface area contributed by atoms with E-state index in [4.69, 9.17) is 10.5 Å². The molecule has 0 heterocycles.